The summed E-state index contributed by atoms with van der Waals surface area (Å²) in [5.74, 6) is 1.20. The molecule has 0 amide bonds. The highest BCUT2D eigenvalue weighted by Crippen LogP contribution is 2.27. The summed E-state index contributed by atoms with van der Waals surface area (Å²) < 4.78 is 1.77. The first-order valence-corrected chi connectivity index (χ1v) is 5.97. The van der Waals surface area contributed by atoms with Crippen molar-refractivity contribution in [2.75, 3.05) is 24.6 Å². The van der Waals surface area contributed by atoms with Crippen LogP contribution in [-0.4, -0.2) is 34.6 Å². The molecule has 1 unspecified atom stereocenters. The molecule has 0 spiro atoms. The Morgan fingerprint density at radius 3 is 3.00 bits per heavy atom. The van der Waals surface area contributed by atoms with Crippen molar-refractivity contribution >= 4 is 5.82 Å². The lowest BCUT2D eigenvalue weighted by Crippen LogP contribution is -2.38. The molecule has 1 aromatic rings. The van der Waals surface area contributed by atoms with Crippen LogP contribution in [0.15, 0.2) is 0 Å². The Morgan fingerprint density at radius 1 is 1.59 bits per heavy atom. The van der Waals surface area contributed by atoms with Crippen LogP contribution in [0.5, 0.6) is 0 Å². The zero-order valence-corrected chi connectivity index (χ0v) is 10.3. The lowest BCUT2D eigenvalue weighted by atomic mass is 9.99. The maximum Gasteiger partial charge on any atom is 0.144 e. The van der Waals surface area contributed by atoms with E-state index >= 15 is 0 Å². The topological polar surface area (TPSA) is 65.1 Å². The summed E-state index contributed by atoms with van der Waals surface area (Å²) in [5, 5.41) is 22.7. The molecule has 1 saturated heterocycles. The number of anilines is 1. The number of nitrogens with zero attached hydrogens (tertiary/aromatic N) is 4. The van der Waals surface area contributed by atoms with Gasteiger partial charge >= 0.3 is 0 Å². The molecule has 0 radical (unpaired) electrons. The highest BCUT2D eigenvalue weighted by molar-refractivity contribution is 5.57. The van der Waals surface area contributed by atoms with Gasteiger partial charge in [0.15, 0.2) is 0 Å². The highest BCUT2D eigenvalue weighted by atomic mass is 16.3. The van der Waals surface area contributed by atoms with Gasteiger partial charge in [0.05, 0.1) is 5.69 Å². The van der Waals surface area contributed by atoms with E-state index in [0.717, 1.165) is 37.4 Å². The van der Waals surface area contributed by atoms with Gasteiger partial charge in [-0.2, -0.15) is 10.4 Å². The SMILES string of the molecule is Cc1nn(C)c(N2CCCC(CO)C2)c1C#N. The maximum atomic E-state index is 9.24. The van der Waals surface area contributed by atoms with Gasteiger partial charge in [-0.25, -0.2) is 0 Å². The molecule has 0 bridgehead atoms. The summed E-state index contributed by atoms with van der Waals surface area (Å²) in [6.07, 6.45) is 2.12. The minimum absolute atomic E-state index is 0.217. The number of aromatic nitrogens is 2. The monoisotopic (exact) mass is 234 g/mol. The Bertz CT molecular complexity index is 446. The number of hydrogen-bond donors (Lipinski definition) is 1. The molecule has 92 valence electrons. The largest absolute Gasteiger partial charge is 0.396 e. The third-order valence-electron chi connectivity index (χ3n) is 3.38. The van der Waals surface area contributed by atoms with E-state index in [1.807, 2.05) is 14.0 Å². The minimum Gasteiger partial charge on any atom is -0.396 e. The van der Waals surface area contributed by atoms with Gasteiger partial charge in [-0.3, -0.25) is 4.68 Å². The summed E-state index contributed by atoms with van der Waals surface area (Å²) in [4.78, 5) is 2.17. The number of aliphatic hydroxyl groups is 1. The fourth-order valence-corrected chi connectivity index (χ4v) is 2.55. The second kappa shape index (κ2) is 4.76. The van der Waals surface area contributed by atoms with Crippen LogP contribution in [0.3, 0.4) is 0 Å². The molecule has 1 aromatic heterocycles. The van der Waals surface area contributed by atoms with Crippen molar-refractivity contribution in [3.05, 3.63) is 11.3 Å². The molecule has 1 fully saturated rings. The van der Waals surface area contributed by atoms with Crippen LogP contribution in [0.4, 0.5) is 5.82 Å². The highest BCUT2D eigenvalue weighted by Gasteiger charge is 2.25. The molecule has 17 heavy (non-hydrogen) atoms. The molecule has 2 rings (SSSR count). The quantitative estimate of drug-likeness (QED) is 0.822. The van der Waals surface area contributed by atoms with Gasteiger partial charge in [-0.05, 0) is 25.7 Å². The third-order valence-corrected chi connectivity index (χ3v) is 3.38. The van der Waals surface area contributed by atoms with E-state index in [9.17, 15) is 10.4 Å². The van der Waals surface area contributed by atoms with Crippen LogP contribution >= 0.6 is 0 Å². The summed E-state index contributed by atoms with van der Waals surface area (Å²) >= 11 is 0. The van der Waals surface area contributed by atoms with Gasteiger partial charge in [-0.15, -0.1) is 0 Å². The molecule has 0 saturated carbocycles. The van der Waals surface area contributed by atoms with E-state index in [0.29, 0.717) is 11.5 Å². The summed E-state index contributed by atoms with van der Waals surface area (Å²) in [7, 11) is 1.87. The number of aryl methyl sites for hydroxylation is 2. The fraction of sp³-hybridized carbons (Fsp3) is 0.667. The van der Waals surface area contributed by atoms with E-state index in [2.05, 4.69) is 16.1 Å². The first-order valence-electron chi connectivity index (χ1n) is 5.97. The smallest absolute Gasteiger partial charge is 0.144 e. The van der Waals surface area contributed by atoms with E-state index in [1.165, 1.54) is 0 Å². The van der Waals surface area contributed by atoms with Crippen LogP contribution in [0, 0.1) is 24.2 Å². The summed E-state index contributed by atoms with van der Waals surface area (Å²) in [5.41, 5.74) is 1.43. The van der Waals surface area contributed by atoms with Crippen molar-refractivity contribution in [2.24, 2.45) is 13.0 Å². The lowest BCUT2D eigenvalue weighted by molar-refractivity contribution is 0.208. The summed E-state index contributed by atoms with van der Waals surface area (Å²) in [6, 6.07) is 2.23. The Hall–Kier alpha value is -1.54. The van der Waals surface area contributed by atoms with Crippen molar-refractivity contribution in [3.8, 4) is 6.07 Å². The minimum atomic E-state index is 0.217. The van der Waals surface area contributed by atoms with E-state index in [1.54, 1.807) is 4.68 Å². The molecule has 1 atom stereocenters. The molecule has 5 heteroatoms. The number of aliphatic hydroxyl groups excluding tert-OH is 1. The van der Waals surface area contributed by atoms with E-state index < -0.39 is 0 Å². The molecular formula is C12H18N4O. The molecular weight excluding hydrogens is 216 g/mol. The standard InChI is InChI=1S/C12H18N4O/c1-9-11(6-13)12(15(2)14-9)16-5-3-4-10(7-16)8-17/h10,17H,3-5,7-8H2,1-2H3. The summed E-state index contributed by atoms with van der Waals surface area (Å²) in [6.45, 7) is 3.82. The number of rotatable bonds is 2. The van der Waals surface area contributed by atoms with Gasteiger partial charge in [0.2, 0.25) is 0 Å². The van der Waals surface area contributed by atoms with Crippen LogP contribution < -0.4 is 4.90 Å². The van der Waals surface area contributed by atoms with Crippen molar-refractivity contribution in [2.45, 2.75) is 19.8 Å². The fourth-order valence-electron chi connectivity index (χ4n) is 2.55. The normalized spacial score (nSPS) is 20.4. The van der Waals surface area contributed by atoms with Crippen molar-refractivity contribution < 1.29 is 5.11 Å². The molecule has 1 N–H and O–H groups in total. The first kappa shape index (κ1) is 11.9. The van der Waals surface area contributed by atoms with Gasteiger partial charge in [-0.1, -0.05) is 0 Å². The van der Waals surface area contributed by atoms with Crippen LogP contribution in [0.25, 0.3) is 0 Å². The van der Waals surface area contributed by atoms with E-state index in [4.69, 9.17) is 0 Å². The molecule has 2 heterocycles. The zero-order valence-electron chi connectivity index (χ0n) is 10.3. The second-order valence-electron chi connectivity index (χ2n) is 4.66. The van der Waals surface area contributed by atoms with Crippen LogP contribution in [-0.2, 0) is 7.05 Å². The molecule has 0 aromatic carbocycles. The third kappa shape index (κ3) is 2.13. The molecule has 5 nitrogen and oxygen atoms in total. The second-order valence-corrected chi connectivity index (χ2v) is 4.66. The van der Waals surface area contributed by atoms with Crippen molar-refractivity contribution in [1.82, 2.24) is 9.78 Å². The Labute approximate surface area is 101 Å². The maximum absolute atomic E-state index is 9.24. The predicted octanol–water partition coefficient (Wildman–Crippen LogP) is 0.809. The van der Waals surface area contributed by atoms with Crippen LogP contribution in [0.1, 0.15) is 24.1 Å². The lowest BCUT2D eigenvalue weighted by Gasteiger charge is -2.33. The van der Waals surface area contributed by atoms with Gasteiger partial charge < -0.3 is 10.0 Å². The first-order chi connectivity index (χ1) is 8.17. The van der Waals surface area contributed by atoms with Gasteiger partial charge in [0, 0.05) is 26.7 Å². The number of piperidine rings is 1. The number of nitriles is 1. The molecule has 1 aliphatic rings. The van der Waals surface area contributed by atoms with E-state index in [-0.39, 0.29) is 6.61 Å². The average molecular weight is 234 g/mol. The average Bonchev–Trinajstić information content (AvgIpc) is 2.63. The predicted molar refractivity (Wildman–Crippen MR) is 64.7 cm³/mol. The van der Waals surface area contributed by atoms with Crippen molar-refractivity contribution in [3.63, 3.8) is 0 Å². The molecule has 1 aliphatic heterocycles. The Kier molecular flexibility index (Phi) is 3.34. The molecule has 0 aliphatic carbocycles. The van der Waals surface area contributed by atoms with Gasteiger partial charge in [0.25, 0.3) is 0 Å². The number of hydrogen-bond acceptors (Lipinski definition) is 4. The van der Waals surface area contributed by atoms with Crippen LogP contribution in [0.2, 0.25) is 0 Å². The zero-order chi connectivity index (χ0) is 12.4. The van der Waals surface area contributed by atoms with Gasteiger partial charge in [0.1, 0.15) is 17.5 Å². The Balaban J connectivity index is 2.30. The Morgan fingerprint density at radius 2 is 2.35 bits per heavy atom. The van der Waals surface area contributed by atoms with Crippen molar-refractivity contribution in [1.29, 1.82) is 5.26 Å².